The molecule has 1 aromatic rings. The molecule has 1 rings (SSSR count). The topological polar surface area (TPSA) is 94.8 Å². The lowest BCUT2D eigenvalue weighted by atomic mass is 9.90. The van der Waals surface area contributed by atoms with Crippen LogP contribution in [0.15, 0.2) is 42.5 Å². The maximum absolute atomic E-state index is 10.7. The number of aliphatic carboxylic acids is 2. The number of hydrogen-bond acceptors (Lipinski definition) is 3. The number of carbonyl (C=O) groups is 2. The van der Waals surface area contributed by atoms with Gasteiger partial charge in [-0.15, -0.1) is 0 Å². The fraction of sp³-hybridized carbons (Fsp3) is 0.167. The third-order valence-electron chi connectivity index (χ3n) is 2.20. The Morgan fingerprint density at radius 1 is 1.18 bits per heavy atom. The van der Waals surface area contributed by atoms with Crippen molar-refractivity contribution < 1.29 is 24.9 Å². The van der Waals surface area contributed by atoms with Gasteiger partial charge in [0.15, 0.2) is 0 Å². The Morgan fingerprint density at radius 2 is 1.76 bits per heavy atom. The minimum Gasteiger partial charge on any atom is -0.481 e. The minimum atomic E-state index is -1.81. The van der Waals surface area contributed by atoms with Crippen LogP contribution in [0.4, 0.5) is 0 Å². The molecule has 0 aliphatic heterocycles. The SMILES string of the molecule is O=C(O)/C=C/C(O)(CC(=O)O)c1ccccc1. The molecule has 0 aromatic heterocycles. The average Bonchev–Trinajstić information content (AvgIpc) is 2.27. The number of benzene rings is 1. The molecular formula is C12H12O5. The summed E-state index contributed by atoms with van der Waals surface area (Å²) in [6.45, 7) is 0. The highest BCUT2D eigenvalue weighted by Crippen LogP contribution is 2.26. The summed E-state index contributed by atoms with van der Waals surface area (Å²) >= 11 is 0. The summed E-state index contributed by atoms with van der Waals surface area (Å²) in [6.07, 6.45) is 1.11. The maximum Gasteiger partial charge on any atom is 0.328 e. The van der Waals surface area contributed by atoms with Gasteiger partial charge in [0.05, 0.1) is 6.42 Å². The van der Waals surface area contributed by atoms with Crippen molar-refractivity contribution in [3.8, 4) is 0 Å². The first-order valence-electron chi connectivity index (χ1n) is 4.86. The summed E-state index contributed by atoms with van der Waals surface area (Å²) in [6, 6.07) is 8.06. The molecule has 0 radical (unpaired) electrons. The molecule has 0 amide bonds. The highest BCUT2D eigenvalue weighted by molar-refractivity contribution is 5.80. The van der Waals surface area contributed by atoms with Crippen molar-refractivity contribution in [2.75, 3.05) is 0 Å². The van der Waals surface area contributed by atoms with Crippen LogP contribution in [0.5, 0.6) is 0 Å². The molecule has 17 heavy (non-hydrogen) atoms. The van der Waals surface area contributed by atoms with Gasteiger partial charge in [-0.3, -0.25) is 4.79 Å². The Balaban J connectivity index is 3.10. The molecule has 0 spiro atoms. The van der Waals surface area contributed by atoms with E-state index in [4.69, 9.17) is 10.2 Å². The van der Waals surface area contributed by atoms with Gasteiger partial charge in [-0.1, -0.05) is 30.3 Å². The van der Waals surface area contributed by atoms with Crippen LogP contribution in [0.2, 0.25) is 0 Å². The second-order valence-corrected chi connectivity index (χ2v) is 3.53. The third kappa shape index (κ3) is 3.73. The third-order valence-corrected chi connectivity index (χ3v) is 2.20. The van der Waals surface area contributed by atoms with Gasteiger partial charge in [-0.2, -0.15) is 0 Å². The molecule has 0 saturated heterocycles. The number of rotatable bonds is 5. The van der Waals surface area contributed by atoms with Gasteiger partial charge in [0.1, 0.15) is 5.60 Å². The smallest absolute Gasteiger partial charge is 0.328 e. The lowest BCUT2D eigenvalue weighted by molar-refractivity contribution is -0.141. The van der Waals surface area contributed by atoms with E-state index < -0.39 is 24.0 Å². The van der Waals surface area contributed by atoms with Crippen LogP contribution in [-0.4, -0.2) is 27.3 Å². The van der Waals surface area contributed by atoms with Crippen LogP contribution >= 0.6 is 0 Å². The van der Waals surface area contributed by atoms with Gasteiger partial charge in [0.2, 0.25) is 0 Å². The van der Waals surface area contributed by atoms with E-state index in [1.54, 1.807) is 18.2 Å². The van der Waals surface area contributed by atoms with Crippen LogP contribution in [0.1, 0.15) is 12.0 Å². The van der Waals surface area contributed by atoms with Crippen LogP contribution < -0.4 is 0 Å². The van der Waals surface area contributed by atoms with Crippen molar-refractivity contribution >= 4 is 11.9 Å². The van der Waals surface area contributed by atoms with Crippen molar-refractivity contribution in [1.82, 2.24) is 0 Å². The maximum atomic E-state index is 10.7. The van der Waals surface area contributed by atoms with Crippen LogP contribution in [0.3, 0.4) is 0 Å². The second kappa shape index (κ2) is 5.27. The van der Waals surface area contributed by atoms with Gasteiger partial charge < -0.3 is 15.3 Å². The van der Waals surface area contributed by atoms with E-state index in [9.17, 15) is 14.7 Å². The second-order valence-electron chi connectivity index (χ2n) is 3.53. The minimum absolute atomic E-state index is 0.333. The van der Waals surface area contributed by atoms with E-state index in [1.807, 2.05) is 0 Å². The lowest BCUT2D eigenvalue weighted by Gasteiger charge is -2.22. The fourth-order valence-corrected chi connectivity index (χ4v) is 1.42. The molecule has 0 aliphatic rings. The predicted molar refractivity (Wildman–Crippen MR) is 59.4 cm³/mol. The Bertz CT molecular complexity index is 437. The van der Waals surface area contributed by atoms with Gasteiger partial charge in [0, 0.05) is 6.08 Å². The Morgan fingerprint density at radius 3 is 2.24 bits per heavy atom. The van der Waals surface area contributed by atoms with Crippen LogP contribution in [0, 0.1) is 0 Å². The standard InChI is InChI=1S/C12H12O5/c13-10(14)6-7-12(17,8-11(15)16)9-4-2-1-3-5-9/h1-7,17H,8H2,(H,13,14)(H,15,16)/b7-6+. The zero-order chi connectivity index (χ0) is 12.9. The van der Waals surface area contributed by atoms with E-state index in [-0.39, 0.29) is 0 Å². The van der Waals surface area contributed by atoms with E-state index >= 15 is 0 Å². The molecule has 1 aromatic carbocycles. The molecule has 0 saturated carbocycles. The van der Waals surface area contributed by atoms with Gasteiger partial charge in [-0.25, -0.2) is 4.79 Å². The van der Waals surface area contributed by atoms with Crippen LogP contribution in [-0.2, 0) is 15.2 Å². The van der Waals surface area contributed by atoms with E-state index in [1.165, 1.54) is 12.1 Å². The molecule has 5 nitrogen and oxygen atoms in total. The molecule has 0 fully saturated rings. The quantitative estimate of drug-likeness (QED) is 0.663. The molecule has 3 N–H and O–H groups in total. The molecule has 0 heterocycles. The molecule has 90 valence electrons. The fourth-order valence-electron chi connectivity index (χ4n) is 1.42. The summed E-state index contributed by atoms with van der Waals surface area (Å²) < 4.78 is 0. The highest BCUT2D eigenvalue weighted by atomic mass is 16.4. The van der Waals surface area contributed by atoms with Crippen molar-refractivity contribution in [2.24, 2.45) is 0 Å². The number of hydrogen-bond donors (Lipinski definition) is 3. The molecule has 0 aliphatic carbocycles. The van der Waals surface area contributed by atoms with Gasteiger partial charge in [-0.05, 0) is 11.6 Å². The molecule has 0 bridgehead atoms. The van der Waals surface area contributed by atoms with E-state index in [0.29, 0.717) is 5.56 Å². The summed E-state index contributed by atoms with van der Waals surface area (Å²) in [5.74, 6) is -2.46. The zero-order valence-corrected chi connectivity index (χ0v) is 8.91. The summed E-state index contributed by atoms with van der Waals surface area (Å²) in [5.41, 5.74) is -1.48. The Hall–Kier alpha value is -2.14. The first kappa shape index (κ1) is 12.9. The largest absolute Gasteiger partial charge is 0.481 e. The summed E-state index contributed by atoms with van der Waals surface area (Å²) in [7, 11) is 0. The molecule has 5 heteroatoms. The van der Waals surface area contributed by atoms with Crippen molar-refractivity contribution in [3.05, 3.63) is 48.0 Å². The Labute approximate surface area is 97.6 Å². The lowest BCUT2D eigenvalue weighted by Crippen LogP contribution is -2.27. The summed E-state index contributed by atoms with van der Waals surface area (Å²) in [5, 5.41) is 27.4. The number of aliphatic hydroxyl groups is 1. The van der Waals surface area contributed by atoms with Crippen molar-refractivity contribution in [2.45, 2.75) is 12.0 Å². The predicted octanol–water partition coefficient (Wildman–Crippen LogP) is 0.990. The van der Waals surface area contributed by atoms with Crippen molar-refractivity contribution in [3.63, 3.8) is 0 Å². The normalized spacial score (nSPS) is 14.4. The van der Waals surface area contributed by atoms with Crippen LogP contribution in [0.25, 0.3) is 0 Å². The Kier molecular flexibility index (Phi) is 4.01. The highest BCUT2D eigenvalue weighted by Gasteiger charge is 2.29. The van der Waals surface area contributed by atoms with Crippen molar-refractivity contribution in [1.29, 1.82) is 0 Å². The average molecular weight is 236 g/mol. The van der Waals surface area contributed by atoms with Gasteiger partial charge >= 0.3 is 11.9 Å². The number of carboxylic acid groups (broad SMARTS) is 2. The molecule has 1 atom stereocenters. The zero-order valence-electron chi connectivity index (χ0n) is 8.91. The van der Waals surface area contributed by atoms with Gasteiger partial charge in [0.25, 0.3) is 0 Å². The van der Waals surface area contributed by atoms with E-state index in [2.05, 4.69) is 0 Å². The molecule has 1 unspecified atom stereocenters. The summed E-state index contributed by atoms with van der Waals surface area (Å²) in [4.78, 5) is 21.1. The first-order chi connectivity index (χ1) is 7.94. The number of carboxylic acids is 2. The van der Waals surface area contributed by atoms with E-state index in [0.717, 1.165) is 12.2 Å². The first-order valence-corrected chi connectivity index (χ1v) is 4.86. The molecular weight excluding hydrogens is 224 g/mol. The monoisotopic (exact) mass is 236 g/mol.